The molecule has 2 aromatic rings. The third-order valence-electron chi connectivity index (χ3n) is 5.72. The van der Waals surface area contributed by atoms with Crippen LogP contribution in [-0.2, 0) is 14.8 Å². The topological polar surface area (TPSA) is 70.2 Å². The summed E-state index contributed by atoms with van der Waals surface area (Å²) >= 11 is 0. The van der Waals surface area contributed by atoms with Gasteiger partial charge in [0.1, 0.15) is 5.75 Å². The largest absolute Gasteiger partial charge is 0.497 e. The van der Waals surface area contributed by atoms with Crippen molar-refractivity contribution in [3.8, 4) is 5.75 Å². The summed E-state index contributed by atoms with van der Waals surface area (Å²) in [7, 11) is -1.78. The van der Waals surface area contributed by atoms with E-state index in [-0.39, 0.29) is 5.91 Å². The molecule has 32 heavy (non-hydrogen) atoms. The highest BCUT2D eigenvalue weighted by molar-refractivity contribution is 7.92. The van der Waals surface area contributed by atoms with E-state index in [0.29, 0.717) is 38.2 Å². The molecule has 1 heterocycles. The van der Waals surface area contributed by atoms with Gasteiger partial charge in [0.25, 0.3) is 0 Å². The highest BCUT2D eigenvalue weighted by atomic mass is 32.2. The van der Waals surface area contributed by atoms with E-state index in [1.54, 1.807) is 7.11 Å². The molecule has 0 bridgehead atoms. The molecule has 1 amide bonds. The predicted octanol–water partition coefficient (Wildman–Crippen LogP) is 3.21. The molecule has 0 radical (unpaired) electrons. The van der Waals surface area contributed by atoms with Crippen LogP contribution in [-0.4, -0.2) is 65.3 Å². The van der Waals surface area contributed by atoms with E-state index in [0.717, 1.165) is 35.7 Å². The van der Waals surface area contributed by atoms with Crippen molar-refractivity contribution in [2.45, 2.75) is 26.7 Å². The number of hydrogen-bond acceptors (Lipinski definition) is 5. The van der Waals surface area contributed by atoms with Crippen molar-refractivity contribution in [3.63, 3.8) is 0 Å². The maximum atomic E-state index is 12.7. The molecule has 3 rings (SSSR count). The molecule has 1 aliphatic rings. The summed E-state index contributed by atoms with van der Waals surface area (Å²) in [5.41, 5.74) is 3.81. The van der Waals surface area contributed by atoms with Crippen LogP contribution in [0.1, 0.15) is 24.0 Å². The Hall–Kier alpha value is -2.74. The molecule has 2 aromatic carbocycles. The lowest BCUT2D eigenvalue weighted by Gasteiger charge is -2.36. The number of sulfonamides is 1. The number of benzene rings is 2. The lowest BCUT2D eigenvalue weighted by Crippen LogP contribution is -2.48. The first-order valence-electron chi connectivity index (χ1n) is 10.9. The summed E-state index contributed by atoms with van der Waals surface area (Å²) in [6.07, 6.45) is 2.03. The number of aryl methyl sites for hydroxylation is 2. The summed E-state index contributed by atoms with van der Waals surface area (Å²) in [4.78, 5) is 16.9. The van der Waals surface area contributed by atoms with E-state index in [2.05, 4.69) is 4.90 Å². The fourth-order valence-electron chi connectivity index (χ4n) is 4.12. The molecule has 0 spiro atoms. The van der Waals surface area contributed by atoms with Gasteiger partial charge in [-0.3, -0.25) is 9.10 Å². The Balaban J connectivity index is 1.52. The minimum Gasteiger partial charge on any atom is -0.497 e. The van der Waals surface area contributed by atoms with Crippen LogP contribution in [0.2, 0.25) is 0 Å². The van der Waals surface area contributed by atoms with Crippen LogP contribution in [0.5, 0.6) is 5.75 Å². The highest BCUT2D eigenvalue weighted by Crippen LogP contribution is 2.23. The lowest BCUT2D eigenvalue weighted by atomic mass is 10.1. The number of nitrogens with zero attached hydrogens (tertiary/aromatic N) is 3. The SMILES string of the molecule is COc1ccc(N2CCN(C(=O)CCCN(c3cc(C)cc(C)c3)S(C)(=O)=O)CC2)cc1. The van der Waals surface area contributed by atoms with Gasteiger partial charge in [0, 0.05) is 44.8 Å². The zero-order valence-corrected chi connectivity index (χ0v) is 20.2. The van der Waals surface area contributed by atoms with E-state index >= 15 is 0 Å². The van der Waals surface area contributed by atoms with Crippen LogP contribution in [0, 0.1) is 13.8 Å². The Morgan fingerprint density at radius 1 is 1.00 bits per heavy atom. The molecule has 0 N–H and O–H groups in total. The van der Waals surface area contributed by atoms with Crippen LogP contribution in [0.15, 0.2) is 42.5 Å². The molecule has 1 saturated heterocycles. The first-order valence-corrected chi connectivity index (χ1v) is 12.7. The Labute approximate surface area is 191 Å². The monoisotopic (exact) mass is 459 g/mol. The summed E-state index contributed by atoms with van der Waals surface area (Å²) in [6, 6.07) is 13.7. The Kier molecular flexibility index (Phi) is 7.66. The zero-order valence-electron chi connectivity index (χ0n) is 19.4. The van der Waals surface area contributed by atoms with E-state index in [1.807, 2.05) is 61.2 Å². The van der Waals surface area contributed by atoms with Gasteiger partial charge in [0.05, 0.1) is 19.1 Å². The number of carbonyl (C=O) groups is 1. The molecule has 1 fully saturated rings. The van der Waals surface area contributed by atoms with E-state index in [4.69, 9.17) is 4.74 Å². The normalized spacial score (nSPS) is 14.4. The second-order valence-corrected chi connectivity index (χ2v) is 10.3. The average molecular weight is 460 g/mol. The molecule has 0 aromatic heterocycles. The first kappa shape index (κ1) is 23.9. The molecule has 0 saturated carbocycles. The lowest BCUT2D eigenvalue weighted by molar-refractivity contribution is -0.131. The summed E-state index contributed by atoms with van der Waals surface area (Å²) < 4.78 is 31.3. The minimum absolute atomic E-state index is 0.0771. The van der Waals surface area contributed by atoms with Crippen molar-refractivity contribution in [1.82, 2.24) is 4.90 Å². The van der Waals surface area contributed by atoms with Crippen LogP contribution < -0.4 is 13.9 Å². The third kappa shape index (κ3) is 6.16. The molecule has 1 aliphatic heterocycles. The fourth-order valence-corrected chi connectivity index (χ4v) is 5.07. The first-order chi connectivity index (χ1) is 15.2. The molecule has 0 unspecified atom stereocenters. The molecular formula is C24H33N3O4S. The Bertz CT molecular complexity index is 1010. The van der Waals surface area contributed by atoms with Crippen molar-refractivity contribution in [3.05, 3.63) is 53.6 Å². The summed E-state index contributed by atoms with van der Waals surface area (Å²) in [5, 5.41) is 0. The van der Waals surface area contributed by atoms with Crippen LogP contribution >= 0.6 is 0 Å². The number of ether oxygens (including phenoxy) is 1. The average Bonchev–Trinajstić information content (AvgIpc) is 2.75. The zero-order chi connectivity index (χ0) is 23.3. The number of hydrogen-bond donors (Lipinski definition) is 0. The number of anilines is 2. The van der Waals surface area contributed by atoms with Gasteiger partial charge in [-0.25, -0.2) is 8.42 Å². The molecule has 0 atom stereocenters. The number of rotatable bonds is 8. The van der Waals surface area contributed by atoms with E-state index in [9.17, 15) is 13.2 Å². The number of amides is 1. The van der Waals surface area contributed by atoms with Gasteiger partial charge >= 0.3 is 0 Å². The number of piperazine rings is 1. The molecule has 8 heteroatoms. The second kappa shape index (κ2) is 10.3. The van der Waals surface area contributed by atoms with Gasteiger partial charge in [-0.15, -0.1) is 0 Å². The van der Waals surface area contributed by atoms with Crippen molar-refractivity contribution >= 4 is 27.3 Å². The van der Waals surface area contributed by atoms with Crippen LogP contribution in [0.3, 0.4) is 0 Å². The van der Waals surface area contributed by atoms with Crippen molar-refractivity contribution < 1.29 is 17.9 Å². The van der Waals surface area contributed by atoms with Gasteiger partial charge in [-0.1, -0.05) is 6.07 Å². The van der Waals surface area contributed by atoms with Gasteiger partial charge in [-0.2, -0.15) is 0 Å². The molecule has 7 nitrogen and oxygen atoms in total. The van der Waals surface area contributed by atoms with Crippen molar-refractivity contribution in [2.24, 2.45) is 0 Å². The van der Waals surface area contributed by atoms with Crippen LogP contribution in [0.4, 0.5) is 11.4 Å². The Morgan fingerprint density at radius 2 is 1.59 bits per heavy atom. The van der Waals surface area contributed by atoms with Gasteiger partial charge in [0.15, 0.2) is 0 Å². The second-order valence-electron chi connectivity index (χ2n) is 8.35. The van der Waals surface area contributed by atoms with Gasteiger partial charge in [0.2, 0.25) is 15.9 Å². The Morgan fingerprint density at radius 3 is 2.12 bits per heavy atom. The van der Waals surface area contributed by atoms with Crippen molar-refractivity contribution in [2.75, 3.05) is 55.3 Å². The summed E-state index contributed by atoms with van der Waals surface area (Å²) in [6.45, 7) is 7.07. The molecular weight excluding hydrogens is 426 g/mol. The molecule has 174 valence electrons. The van der Waals surface area contributed by atoms with Gasteiger partial charge < -0.3 is 14.5 Å². The van der Waals surface area contributed by atoms with Crippen LogP contribution in [0.25, 0.3) is 0 Å². The smallest absolute Gasteiger partial charge is 0.232 e. The minimum atomic E-state index is -3.42. The van der Waals surface area contributed by atoms with E-state index in [1.165, 1.54) is 10.6 Å². The number of methoxy groups -OCH3 is 1. The van der Waals surface area contributed by atoms with E-state index < -0.39 is 10.0 Å². The van der Waals surface area contributed by atoms with Gasteiger partial charge in [-0.05, 0) is 67.8 Å². The van der Waals surface area contributed by atoms with Crippen molar-refractivity contribution in [1.29, 1.82) is 0 Å². The quantitative estimate of drug-likeness (QED) is 0.606. The molecule has 0 aliphatic carbocycles. The predicted molar refractivity (Wildman–Crippen MR) is 129 cm³/mol. The maximum Gasteiger partial charge on any atom is 0.232 e. The summed E-state index contributed by atoms with van der Waals surface area (Å²) in [5.74, 6) is 0.903. The standard InChI is InChI=1S/C24H33N3O4S/c1-19-16-20(2)18-22(17-19)27(32(4,29)30)11-5-6-24(28)26-14-12-25(13-15-26)21-7-9-23(31-3)10-8-21/h7-10,16-18H,5-6,11-15H2,1-4H3. The third-order valence-corrected chi connectivity index (χ3v) is 6.91. The highest BCUT2D eigenvalue weighted by Gasteiger charge is 2.23. The fraction of sp³-hybridized carbons (Fsp3) is 0.458. The number of carbonyl (C=O) groups excluding carboxylic acids is 1. The maximum absolute atomic E-state index is 12.7.